The van der Waals surface area contributed by atoms with Crippen LogP contribution < -0.4 is 14.8 Å². The predicted molar refractivity (Wildman–Crippen MR) is 135 cm³/mol. The number of para-hydroxylation sites is 2. The molecular formula is C27H26N4O2S. The van der Waals surface area contributed by atoms with Crippen LogP contribution in [0.15, 0.2) is 84.0 Å². The number of ether oxygens (including phenoxy) is 2. The summed E-state index contributed by atoms with van der Waals surface area (Å²) in [6.45, 7) is 2.64. The molecule has 1 atom stereocenters. The van der Waals surface area contributed by atoms with Crippen LogP contribution in [0.1, 0.15) is 37.1 Å². The molecule has 0 saturated heterocycles. The second-order valence-electron chi connectivity index (χ2n) is 7.95. The number of anilines is 1. The largest absolute Gasteiger partial charge is 0.488 e. The van der Waals surface area contributed by atoms with Gasteiger partial charge in [-0.25, -0.2) is 0 Å². The number of rotatable bonds is 8. The van der Waals surface area contributed by atoms with Gasteiger partial charge in [-0.1, -0.05) is 85.8 Å². The normalized spacial score (nSPS) is 14.2. The minimum atomic E-state index is -0.500. The minimum Gasteiger partial charge on any atom is -0.488 e. The molecule has 172 valence electrons. The number of hydrogen-bond donors (Lipinski definition) is 1. The first-order valence-corrected chi connectivity index (χ1v) is 12.5. The predicted octanol–water partition coefficient (Wildman–Crippen LogP) is 6.51. The maximum atomic E-state index is 6.45. The molecule has 6 nitrogen and oxygen atoms in total. The zero-order chi connectivity index (χ0) is 23.2. The summed E-state index contributed by atoms with van der Waals surface area (Å²) in [7, 11) is 0. The number of thioether (sulfide) groups is 1. The van der Waals surface area contributed by atoms with Crippen molar-refractivity contribution < 1.29 is 9.47 Å². The quantitative estimate of drug-likeness (QED) is 0.232. The Balaban J connectivity index is 1.48. The molecule has 0 spiro atoms. The van der Waals surface area contributed by atoms with E-state index in [1.54, 1.807) is 11.8 Å². The van der Waals surface area contributed by atoms with E-state index in [1.807, 2.05) is 66.7 Å². The molecule has 0 amide bonds. The lowest BCUT2D eigenvalue weighted by Gasteiger charge is -2.22. The molecule has 0 aliphatic carbocycles. The average Bonchev–Trinajstić information content (AvgIpc) is 3.05. The van der Waals surface area contributed by atoms with Crippen LogP contribution in [0.5, 0.6) is 11.6 Å². The molecule has 1 aliphatic rings. The van der Waals surface area contributed by atoms with E-state index in [4.69, 9.17) is 14.5 Å². The van der Waals surface area contributed by atoms with Crippen molar-refractivity contribution >= 4 is 17.4 Å². The van der Waals surface area contributed by atoms with E-state index in [0.717, 1.165) is 46.7 Å². The number of fused-ring (bicyclic) bond motifs is 3. The molecule has 34 heavy (non-hydrogen) atoms. The zero-order valence-electron chi connectivity index (χ0n) is 19.0. The third-order valence-electron chi connectivity index (χ3n) is 5.50. The fourth-order valence-electron chi connectivity index (χ4n) is 3.72. The number of nitrogens with one attached hydrogen (secondary N) is 1. The number of hydrogen-bond acceptors (Lipinski definition) is 7. The maximum absolute atomic E-state index is 6.45. The third kappa shape index (κ3) is 4.99. The van der Waals surface area contributed by atoms with Crippen molar-refractivity contribution in [3.05, 3.63) is 90.0 Å². The van der Waals surface area contributed by atoms with Crippen LogP contribution in [0.3, 0.4) is 0 Å². The summed E-state index contributed by atoms with van der Waals surface area (Å²) < 4.78 is 12.7. The molecule has 0 saturated carbocycles. The highest BCUT2D eigenvalue weighted by molar-refractivity contribution is 7.99. The molecule has 5 rings (SSSR count). The van der Waals surface area contributed by atoms with Gasteiger partial charge in [-0.05, 0) is 30.2 Å². The van der Waals surface area contributed by atoms with E-state index in [0.29, 0.717) is 23.3 Å². The molecule has 3 aromatic carbocycles. The minimum absolute atomic E-state index is 0.467. The van der Waals surface area contributed by atoms with E-state index in [-0.39, 0.29) is 0 Å². The summed E-state index contributed by atoms with van der Waals surface area (Å²) in [4.78, 5) is 4.73. The number of benzene rings is 3. The van der Waals surface area contributed by atoms with Gasteiger partial charge in [0.2, 0.25) is 17.3 Å². The summed E-state index contributed by atoms with van der Waals surface area (Å²) in [5, 5.41) is 13.0. The standard InChI is InChI=1S/C27H26N4O2S/c1-2-3-17-34-27-29-26-24(30-31-27)20-13-7-9-15-22(20)28-25(33-26)21-14-8-10-16-23(21)32-18-19-11-5-4-6-12-19/h4-16,25,28H,2-3,17-18H2,1H3. The van der Waals surface area contributed by atoms with Gasteiger partial charge in [-0.3, -0.25) is 0 Å². The first-order valence-electron chi connectivity index (χ1n) is 11.5. The molecule has 2 heterocycles. The van der Waals surface area contributed by atoms with Crippen LogP contribution in [0, 0.1) is 0 Å². The topological polar surface area (TPSA) is 69.2 Å². The van der Waals surface area contributed by atoms with Gasteiger partial charge in [0, 0.05) is 17.0 Å². The molecule has 1 N–H and O–H groups in total. The molecule has 1 aromatic heterocycles. The Morgan fingerprint density at radius 1 is 0.941 bits per heavy atom. The summed E-state index contributed by atoms with van der Waals surface area (Å²) in [6, 6.07) is 26.0. The summed E-state index contributed by atoms with van der Waals surface area (Å²) in [5.41, 5.74) is 4.45. The van der Waals surface area contributed by atoms with E-state index in [9.17, 15) is 0 Å². The summed E-state index contributed by atoms with van der Waals surface area (Å²) >= 11 is 1.60. The smallest absolute Gasteiger partial charge is 0.247 e. The van der Waals surface area contributed by atoms with E-state index < -0.39 is 6.23 Å². The molecule has 0 fully saturated rings. The Morgan fingerprint density at radius 2 is 1.74 bits per heavy atom. The number of aromatic nitrogens is 3. The average molecular weight is 471 g/mol. The molecule has 4 aromatic rings. The van der Waals surface area contributed by atoms with Crippen molar-refractivity contribution in [3.8, 4) is 22.9 Å². The number of unbranched alkanes of at least 4 members (excludes halogenated alkanes) is 1. The number of nitrogens with zero attached hydrogens (tertiary/aromatic N) is 3. The Morgan fingerprint density at radius 3 is 2.62 bits per heavy atom. The zero-order valence-corrected chi connectivity index (χ0v) is 19.8. The fraction of sp³-hybridized carbons (Fsp3) is 0.222. The maximum Gasteiger partial charge on any atom is 0.247 e. The molecule has 7 heteroatoms. The van der Waals surface area contributed by atoms with Crippen molar-refractivity contribution in [2.45, 2.75) is 37.8 Å². The first-order chi connectivity index (χ1) is 16.8. The van der Waals surface area contributed by atoms with E-state index >= 15 is 0 Å². The van der Waals surface area contributed by atoms with Gasteiger partial charge in [-0.2, -0.15) is 4.98 Å². The lowest BCUT2D eigenvalue weighted by molar-refractivity contribution is 0.214. The Hall–Kier alpha value is -3.58. The lowest BCUT2D eigenvalue weighted by Crippen LogP contribution is -2.18. The highest BCUT2D eigenvalue weighted by Gasteiger charge is 2.27. The van der Waals surface area contributed by atoms with Crippen LogP contribution in [-0.2, 0) is 6.61 Å². The van der Waals surface area contributed by atoms with Gasteiger partial charge < -0.3 is 14.8 Å². The molecular weight excluding hydrogens is 444 g/mol. The second kappa shape index (κ2) is 10.6. The van der Waals surface area contributed by atoms with E-state index in [2.05, 4.69) is 34.6 Å². The Bertz CT molecular complexity index is 1250. The van der Waals surface area contributed by atoms with Crippen molar-refractivity contribution in [2.75, 3.05) is 11.1 Å². The monoisotopic (exact) mass is 470 g/mol. The van der Waals surface area contributed by atoms with Gasteiger partial charge in [0.15, 0.2) is 5.69 Å². The fourth-order valence-corrected chi connectivity index (χ4v) is 4.58. The summed E-state index contributed by atoms with van der Waals surface area (Å²) in [5.74, 6) is 2.17. The Kier molecular flexibility index (Phi) is 6.91. The van der Waals surface area contributed by atoms with Gasteiger partial charge in [0.05, 0.1) is 5.56 Å². The van der Waals surface area contributed by atoms with Crippen LogP contribution >= 0.6 is 11.8 Å². The first kappa shape index (κ1) is 22.2. The van der Waals surface area contributed by atoms with Crippen molar-refractivity contribution in [3.63, 3.8) is 0 Å². The molecule has 1 aliphatic heterocycles. The SMILES string of the molecule is CCCCSc1nnc2c(n1)OC(c1ccccc1OCc1ccccc1)Nc1ccccc1-2. The lowest BCUT2D eigenvalue weighted by atomic mass is 10.1. The van der Waals surface area contributed by atoms with Crippen molar-refractivity contribution in [2.24, 2.45) is 0 Å². The van der Waals surface area contributed by atoms with Crippen LogP contribution in [0.4, 0.5) is 5.69 Å². The van der Waals surface area contributed by atoms with Crippen LogP contribution in [0.2, 0.25) is 0 Å². The molecule has 1 unspecified atom stereocenters. The second-order valence-corrected chi connectivity index (χ2v) is 9.01. The van der Waals surface area contributed by atoms with Crippen LogP contribution in [0.25, 0.3) is 11.3 Å². The Labute approximate surface area is 203 Å². The van der Waals surface area contributed by atoms with Gasteiger partial charge >= 0.3 is 0 Å². The third-order valence-corrected chi connectivity index (χ3v) is 6.43. The molecule has 0 radical (unpaired) electrons. The van der Waals surface area contributed by atoms with Crippen LogP contribution in [-0.4, -0.2) is 20.9 Å². The van der Waals surface area contributed by atoms with Gasteiger partial charge in [0.25, 0.3) is 0 Å². The highest BCUT2D eigenvalue weighted by Crippen LogP contribution is 2.41. The van der Waals surface area contributed by atoms with Crippen molar-refractivity contribution in [1.82, 2.24) is 15.2 Å². The summed E-state index contributed by atoms with van der Waals surface area (Å²) in [6.07, 6.45) is 1.73. The van der Waals surface area contributed by atoms with E-state index in [1.165, 1.54) is 0 Å². The van der Waals surface area contributed by atoms with Gasteiger partial charge in [0.1, 0.15) is 12.4 Å². The van der Waals surface area contributed by atoms with Crippen molar-refractivity contribution in [1.29, 1.82) is 0 Å². The van der Waals surface area contributed by atoms with Gasteiger partial charge in [-0.15, -0.1) is 10.2 Å². The molecule has 0 bridgehead atoms. The highest BCUT2D eigenvalue weighted by atomic mass is 32.2.